The first kappa shape index (κ1) is 23.4. The van der Waals surface area contributed by atoms with Crippen LogP contribution >= 0.6 is 0 Å². The number of fused-ring (bicyclic) bond motifs is 1. The zero-order valence-electron chi connectivity index (χ0n) is 17.1. The van der Waals surface area contributed by atoms with E-state index in [1.807, 2.05) is 0 Å². The third kappa shape index (κ3) is 3.81. The molecule has 1 fully saturated rings. The zero-order chi connectivity index (χ0) is 24.9. The van der Waals surface area contributed by atoms with Gasteiger partial charge in [0.25, 0.3) is 0 Å². The van der Waals surface area contributed by atoms with Gasteiger partial charge in [0.15, 0.2) is 23.0 Å². The Morgan fingerprint density at radius 2 is 1.50 bits per heavy atom. The fourth-order valence-corrected chi connectivity index (χ4v) is 3.58. The second-order valence-corrected chi connectivity index (χ2v) is 7.61. The van der Waals surface area contributed by atoms with Crippen LogP contribution in [0, 0.1) is 0 Å². The highest BCUT2D eigenvalue weighted by Gasteiger charge is 2.45. The molecule has 2 heterocycles. The van der Waals surface area contributed by atoms with Crippen molar-refractivity contribution in [2.24, 2.45) is 0 Å². The van der Waals surface area contributed by atoms with E-state index in [0.717, 1.165) is 24.3 Å². The predicted octanol–water partition coefficient (Wildman–Crippen LogP) is -0.833. The van der Waals surface area contributed by atoms with Crippen LogP contribution in [0.15, 0.2) is 33.5 Å². The van der Waals surface area contributed by atoms with Gasteiger partial charge < -0.3 is 59.8 Å². The maximum Gasteiger partial charge on any atom is 0.239 e. The monoisotopic (exact) mass is 480 g/mol. The van der Waals surface area contributed by atoms with E-state index in [0.29, 0.717) is 0 Å². The summed E-state index contributed by atoms with van der Waals surface area (Å²) < 4.78 is 16.3. The van der Waals surface area contributed by atoms with Gasteiger partial charge in [0.05, 0.1) is 6.61 Å². The molecule has 0 amide bonds. The van der Waals surface area contributed by atoms with E-state index in [4.69, 9.17) is 13.9 Å². The summed E-state index contributed by atoms with van der Waals surface area (Å²) >= 11 is 0. The topological polar surface area (TPSA) is 231 Å². The molecule has 5 atom stereocenters. The molecule has 13 nitrogen and oxygen atoms in total. The van der Waals surface area contributed by atoms with Crippen LogP contribution in [0.2, 0.25) is 0 Å². The summed E-state index contributed by atoms with van der Waals surface area (Å²) in [7, 11) is 0. The lowest BCUT2D eigenvalue weighted by atomic mass is 9.99. The molecule has 0 saturated carbocycles. The molecule has 0 bridgehead atoms. The average Bonchev–Trinajstić information content (AvgIpc) is 2.78. The van der Waals surface area contributed by atoms with Gasteiger partial charge in [0.1, 0.15) is 46.9 Å². The van der Waals surface area contributed by atoms with Gasteiger partial charge in [-0.25, -0.2) is 0 Å². The molecule has 1 aliphatic rings. The number of aliphatic hydroxyl groups is 4. The molecule has 1 unspecified atom stereocenters. The lowest BCUT2D eigenvalue weighted by Gasteiger charge is -2.39. The minimum Gasteiger partial charge on any atom is -0.508 e. The van der Waals surface area contributed by atoms with Crippen molar-refractivity contribution in [3.8, 4) is 45.8 Å². The molecule has 4 rings (SSSR count). The summed E-state index contributed by atoms with van der Waals surface area (Å²) in [5.74, 6) is -4.83. The molecule has 0 radical (unpaired) electrons. The number of aliphatic hydroxyl groups excluding tert-OH is 4. The van der Waals surface area contributed by atoms with Crippen molar-refractivity contribution in [3.05, 3.63) is 34.5 Å². The van der Waals surface area contributed by atoms with Crippen molar-refractivity contribution < 1.29 is 59.8 Å². The fourth-order valence-electron chi connectivity index (χ4n) is 3.58. The smallest absolute Gasteiger partial charge is 0.239 e. The normalized spacial score (nSPS) is 24.9. The molecule has 0 aliphatic carbocycles. The molecule has 1 aromatic heterocycles. The van der Waals surface area contributed by atoms with Crippen LogP contribution in [0.25, 0.3) is 22.3 Å². The SMILES string of the molecule is O=c1c(OC2O[C@H](CO)[C@@H](O)[C@H](O)[C@H]2O)c(-c2cc(O)c(O)c(O)c2)oc2cc(O)cc(O)c12. The number of benzene rings is 2. The Hall–Kier alpha value is -3.75. The van der Waals surface area contributed by atoms with Gasteiger partial charge in [-0.15, -0.1) is 0 Å². The highest BCUT2D eigenvalue weighted by Crippen LogP contribution is 2.43. The number of rotatable bonds is 4. The number of phenols is 5. The van der Waals surface area contributed by atoms with Crippen molar-refractivity contribution in [2.45, 2.75) is 30.7 Å². The minimum atomic E-state index is -1.91. The quantitative estimate of drug-likeness (QED) is 0.208. The van der Waals surface area contributed by atoms with E-state index in [1.54, 1.807) is 0 Å². The Bertz CT molecular complexity index is 1280. The van der Waals surface area contributed by atoms with Crippen molar-refractivity contribution >= 4 is 11.0 Å². The van der Waals surface area contributed by atoms with Crippen molar-refractivity contribution in [2.75, 3.05) is 6.61 Å². The first-order valence-electron chi connectivity index (χ1n) is 9.78. The Morgan fingerprint density at radius 1 is 0.853 bits per heavy atom. The van der Waals surface area contributed by atoms with Crippen LogP contribution in [0.4, 0.5) is 0 Å². The first-order valence-corrected chi connectivity index (χ1v) is 9.78. The third-order valence-electron chi connectivity index (χ3n) is 5.33. The number of phenolic OH excluding ortho intramolecular Hbond substituents is 5. The Labute approximate surface area is 189 Å². The zero-order valence-corrected chi connectivity index (χ0v) is 17.1. The summed E-state index contributed by atoms with van der Waals surface area (Å²) in [6, 6.07) is 3.66. The maximum absolute atomic E-state index is 13.3. The van der Waals surface area contributed by atoms with Crippen LogP contribution in [0.1, 0.15) is 0 Å². The summed E-state index contributed by atoms with van der Waals surface area (Å²) in [5, 5.41) is 88.6. The highest BCUT2D eigenvalue weighted by atomic mass is 16.7. The van der Waals surface area contributed by atoms with E-state index in [2.05, 4.69) is 0 Å². The van der Waals surface area contributed by atoms with Gasteiger partial charge in [0.2, 0.25) is 17.5 Å². The maximum atomic E-state index is 13.3. The molecule has 182 valence electrons. The lowest BCUT2D eigenvalue weighted by Crippen LogP contribution is -2.60. The second kappa shape index (κ2) is 8.55. The number of hydrogen-bond donors (Lipinski definition) is 9. The Morgan fingerprint density at radius 3 is 2.12 bits per heavy atom. The van der Waals surface area contributed by atoms with Crippen LogP contribution in [-0.2, 0) is 4.74 Å². The Kier molecular flexibility index (Phi) is 5.89. The minimum absolute atomic E-state index is 0.214. The molecular formula is C21H20O13. The third-order valence-corrected chi connectivity index (χ3v) is 5.33. The summed E-state index contributed by atoms with van der Waals surface area (Å²) in [5.41, 5.74) is -1.59. The summed E-state index contributed by atoms with van der Waals surface area (Å²) in [6.07, 6.45) is -8.64. The summed E-state index contributed by atoms with van der Waals surface area (Å²) in [6.45, 7) is -0.774. The number of ether oxygens (including phenoxy) is 2. The number of aromatic hydroxyl groups is 5. The Balaban J connectivity index is 1.94. The molecule has 1 saturated heterocycles. The van der Waals surface area contributed by atoms with Crippen LogP contribution in [-0.4, -0.2) is 83.3 Å². The van der Waals surface area contributed by atoms with E-state index >= 15 is 0 Å². The second-order valence-electron chi connectivity index (χ2n) is 7.61. The van der Waals surface area contributed by atoms with Gasteiger partial charge >= 0.3 is 0 Å². The lowest BCUT2D eigenvalue weighted by molar-refractivity contribution is -0.277. The van der Waals surface area contributed by atoms with Gasteiger partial charge in [-0.1, -0.05) is 0 Å². The van der Waals surface area contributed by atoms with Gasteiger partial charge in [0, 0.05) is 17.7 Å². The van der Waals surface area contributed by atoms with Gasteiger partial charge in [-0.05, 0) is 12.1 Å². The molecular weight excluding hydrogens is 460 g/mol. The number of hydrogen-bond acceptors (Lipinski definition) is 13. The van der Waals surface area contributed by atoms with E-state index in [-0.39, 0.29) is 11.1 Å². The first-order chi connectivity index (χ1) is 16.0. The van der Waals surface area contributed by atoms with Crippen molar-refractivity contribution in [1.82, 2.24) is 0 Å². The molecule has 2 aromatic carbocycles. The molecule has 9 N–H and O–H groups in total. The van der Waals surface area contributed by atoms with Crippen LogP contribution in [0.3, 0.4) is 0 Å². The molecule has 34 heavy (non-hydrogen) atoms. The van der Waals surface area contributed by atoms with E-state index in [1.165, 1.54) is 0 Å². The van der Waals surface area contributed by atoms with Crippen LogP contribution in [0.5, 0.6) is 34.5 Å². The van der Waals surface area contributed by atoms with Crippen LogP contribution < -0.4 is 10.2 Å². The summed E-state index contributed by atoms with van der Waals surface area (Å²) in [4.78, 5) is 13.3. The average molecular weight is 480 g/mol. The predicted molar refractivity (Wildman–Crippen MR) is 111 cm³/mol. The van der Waals surface area contributed by atoms with E-state index in [9.17, 15) is 50.8 Å². The van der Waals surface area contributed by atoms with Gasteiger partial charge in [-0.2, -0.15) is 0 Å². The fraction of sp³-hybridized carbons (Fsp3) is 0.286. The highest BCUT2D eigenvalue weighted by molar-refractivity contribution is 5.88. The molecule has 1 aliphatic heterocycles. The molecule has 3 aromatic rings. The standard InChI is InChI=1S/C21H20O13/c22-5-12-15(28)17(30)18(31)21(33-12)34-20-16(29)13-8(24)3-7(23)4-11(13)32-19(20)6-1-9(25)14(27)10(26)2-6/h1-4,12,15,17-18,21-28,30-31H,5H2/t12-,15-,17+,18-,21?/m1/s1. The van der Waals surface area contributed by atoms with Crippen molar-refractivity contribution in [3.63, 3.8) is 0 Å². The van der Waals surface area contributed by atoms with Crippen molar-refractivity contribution in [1.29, 1.82) is 0 Å². The van der Waals surface area contributed by atoms with Gasteiger partial charge in [-0.3, -0.25) is 4.79 Å². The van der Waals surface area contributed by atoms with E-state index < -0.39 is 88.4 Å². The largest absolute Gasteiger partial charge is 0.508 e. The molecule has 13 heteroatoms. The molecule has 0 spiro atoms.